The fourth-order valence-corrected chi connectivity index (χ4v) is 3.20. The van der Waals surface area contributed by atoms with Crippen molar-refractivity contribution in [3.05, 3.63) is 53.1 Å². The van der Waals surface area contributed by atoms with Crippen molar-refractivity contribution in [3.63, 3.8) is 0 Å². The predicted molar refractivity (Wildman–Crippen MR) is 105 cm³/mol. The van der Waals surface area contributed by atoms with Gasteiger partial charge in [-0.25, -0.2) is 18.8 Å². The Kier molecular flexibility index (Phi) is 6.26. The maximum absolute atomic E-state index is 13.4. The van der Waals surface area contributed by atoms with Crippen LogP contribution in [-0.4, -0.2) is 36.6 Å². The lowest BCUT2D eigenvalue weighted by Crippen LogP contribution is -2.51. The summed E-state index contributed by atoms with van der Waals surface area (Å²) < 4.78 is 38.1. The van der Waals surface area contributed by atoms with E-state index in [4.69, 9.17) is 9.47 Å². The van der Waals surface area contributed by atoms with Gasteiger partial charge in [-0.15, -0.1) is 0 Å². The molecule has 1 N–H and O–H groups in total. The van der Waals surface area contributed by atoms with Crippen LogP contribution in [-0.2, 0) is 4.74 Å². The zero-order chi connectivity index (χ0) is 20.3. The summed E-state index contributed by atoms with van der Waals surface area (Å²) in [6.07, 6.45) is 1.99. The Hall–Kier alpha value is -2.51. The molecule has 2 unspecified atom stereocenters. The smallest absolute Gasteiger partial charge is 0.133 e. The summed E-state index contributed by atoms with van der Waals surface area (Å²) in [5, 5.41) is 2.07. The molecule has 1 aliphatic rings. The van der Waals surface area contributed by atoms with Crippen LogP contribution in [0.5, 0.6) is 11.5 Å². The van der Waals surface area contributed by atoms with Crippen LogP contribution in [0.25, 0.3) is 0 Å². The summed E-state index contributed by atoms with van der Waals surface area (Å²) in [5.41, 5.74) is 5.68. The molecule has 1 heterocycles. The molecule has 5 nitrogen and oxygen atoms in total. The first-order chi connectivity index (χ1) is 13.3. The Morgan fingerprint density at radius 1 is 1.04 bits per heavy atom. The number of benzene rings is 2. The molecule has 2 atom stereocenters. The van der Waals surface area contributed by atoms with Gasteiger partial charge in [-0.3, -0.25) is 0 Å². The van der Waals surface area contributed by atoms with Crippen molar-refractivity contribution < 1.29 is 18.3 Å². The van der Waals surface area contributed by atoms with Gasteiger partial charge in [0.2, 0.25) is 0 Å². The zero-order valence-electron chi connectivity index (χ0n) is 16.5. The average Bonchev–Trinajstić information content (AvgIpc) is 2.57. The van der Waals surface area contributed by atoms with E-state index in [0.717, 1.165) is 48.1 Å². The minimum absolute atomic E-state index is 0.119. The molecule has 1 aliphatic heterocycles. The minimum atomic E-state index is -0.677. The Morgan fingerprint density at radius 3 is 2.32 bits per heavy atom. The number of hydrogen-bond acceptors (Lipinski definition) is 4. The standard InChI is InChI=1S/C21H25F2N3O2/c1-13-6-21(28-19-8-17(22)7-18(23)9-19)14(2)5-20(13)24-12-25-26-10-15(3)27-16(4)11-26/h5-9,12,15-16H,10-11H2,1-4H3,(H,24,25). The molecule has 0 radical (unpaired) electrons. The van der Waals surface area contributed by atoms with Crippen LogP contribution >= 0.6 is 0 Å². The molecule has 150 valence electrons. The Morgan fingerprint density at radius 2 is 1.68 bits per heavy atom. The molecular weight excluding hydrogens is 364 g/mol. The normalized spacial score (nSPS) is 20.5. The van der Waals surface area contributed by atoms with Gasteiger partial charge < -0.3 is 14.9 Å². The number of rotatable bonds is 5. The third kappa shape index (κ3) is 5.27. The van der Waals surface area contributed by atoms with Crippen molar-refractivity contribution in [2.24, 2.45) is 4.99 Å². The lowest BCUT2D eigenvalue weighted by Gasteiger charge is -2.34. The van der Waals surface area contributed by atoms with Gasteiger partial charge in [0.25, 0.3) is 0 Å². The van der Waals surface area contributed by atoms with Crippen molar-refractivity contribution >= 4 is 12.0 Å². The number of morpholine rings is 1. The largest absolute Gasteiger partial charge is 0.457 e. The van der Waals surface area contributed by atoms with Crippen LogP contribution in [0.15, 0.2) is 35.3 Å². The van der Waals surface area contributed by atoms with Crippen LogP contribution in [0.1, 0.15) is 25.0 Å². The predicted octanol–water partition coefficient (Wildman–Crippen LogP) is 4.65. The Labute approximate surface area is 164 Å². The van der Waals surface area contributed by atoms with Crippen molar-refractivity contribution in [1.29, 1.82) is 0 Å². The zero-order valence-corrected chi connectivity index (χ0v) is 16.5. The SMILES string of the molecule is Cc1cc(Oc2cc(F)cc(F)c2)c(C)cc1N=CNN1CC(C)OC(C)C1. The summed E-state index contributed by atoms with van der Waals surface area (Å²) >= 11 is 0. The van der Waals surface area contributed by atoms with E-state index < -0.39 is 11.6 Å². The second kappa shape index (κ2) is 8.67. The van der Waals surface area contributed by atoms with Crippen LogP contribution in [0.3, 0.4) is 0 Å². The van der Waals surface area contributed by atoms with Gasteiger partial charge in [-0.05, 0) is 51.0 Å². The average molecular weight is 389 g/mol. The van der Waals surface area contributed by atoms with E-state index >= 15 is 0 Å². The lowest BCUT2D eigenvalue weighted by atomic mass is 10.1. The van der Waals surface area contributed by atoms with Gasteiger partial charge in [0.15, 0.2) is 0 Å². The van der Waals surface area contributed by atoms with E-state index in [2.05, 4.69) is 15.4 Å². The molecule has 7 heteroatoms. The van der Waals surface area contributed by atoms with Crippen LogP contribution in [0.2, 0.25) is 0 Å². The number of aliphatic imine (C=N–C) groups is 1. The molecule has 2 aromatic rings. The molecule has 0 amide bonds. The number of hydrazine groups is 1. The topological polar surface area (TPSA) is 46.1 Å². The second-order valence-corrected chi connectivity index (χ2v) is 7.16. The highest BCUT2D eigenvalue weighted by Crippen LogP contribution is 2.32. The van der Waals surface area contributed by atoms with E-state index in [-0.39, 0.29) is 18.0 Å². The molecule has 3 rings (SSSR count). The van der Waals surface area contributed by atoms with Gasteiger partial charge in [-0.2, -0.15) is 0 Å². The first kappa shape index (κ1) is 20.2. The number of halogens is 2. The number of nitrogens with one attached hydrogen (secondary N) is 1. The highest BCUT2D eigenvalue weighted by molar-refractivity contribution is 5.64. The van der Waals surface area contributed by atoms with E-state index in [0.29, 0.717) is 5.75 Å². The van der Waals surface area contributed by atoms with Gasteiger partial charge in [0.05, 0.1) is 17.9 Å². The fraction of sp³-hybridized carbons (Fsp3) is 0.381. The maximum Gasteiger partial charge on any atom is 0.133 e. The van der Waals surface area contributed by atoms with Crippen molar-refractivity contribution in [2.75, 3.05) is 13.1 Å². The summed E-state index contributed by atoms with van der Waals surface area (Å²) in [5.74, 6) is -0.703. The summed E-state index contributed by atoms with van der Waals surface area (Å²) in [4.78, 5) is 4.49. The Bertz CT molecular complexity index is 843. The first-order valence-electron chi connectivity index (χ1n) is 9.24. The van der Waals surface area contributed by atoms with Crippen LogP contribution in [0.4, 0.5) is 14.5 Å². The van der Waals surface area contributed by atoms with E-state index in [9.17, 15) is 8.78 Å². The highest BCUT2D eigenvalue weighted by Gasteiger charge is 2.21. The second-order valence-electron chi connectivity index (χ2n) is 7.16. The molecule has 1 fully saturated rings. The van der Waals surface area contributed by atoms with E-state index in [1.807, 2.05) is 39.8 Å². The molecule has 0 saturated carbocycles. The first-order valence-corrected chi connectivity index (χ1v) is 9.24. The van der Waals surface area contributed by atoms with Crippen molar-refractivity contribution in [1.82, 2.24) is 10.4 Å². The third-order valence-electron chi connectivity index (χ3n) is 4.42. The number of hydrogen-bond donors (Lipinski definition) is 1. The summed E-state index contributed by atoms with van der Waals surface area (Å²) in [7, 11) is 0. The molecule has 0 bridgehead atoms. The number of nitrogens with zero attached hydrogens (tertiary/aromatic N) is 2. The van der Waals surface area contributed by atoms with E-state index in [1.54, 1.807) is 6.34 Å². The molecule has 0 aromatic heterocycles. The van der Waals surface area contributed by atoms with Crippen molar-refractivity contribution in [2.45, 2.75) is 39.9 Å². The molecule has 0 spiro atoms. The Balaban J connectivity index is 1.69. The van der Waals surface area contributed by atoms with Gasteiger partial charge in [0.1, 0.15) is 29.5 Å². The minimum Gasteiger partial charge on any atom is -0.457 e. The number of aryl methyl sites for hydroxylation is 2. The van der Waals surface area contributed by atoms with Crippen molar-refractivity contribution in [3.8, 4) is 11.5 Å². The molecular formula is C21H25F2N3O2. The third-order valence-corrected chi connectivity index (χ3v) is 4.42. The lowest BCUT2D eigenvalue weighted by molar-refractivity contribution is -0.0760. The maximum atomic E-state index is 13.4. The quantitative estimate of drug-likeness (QED) is 0.597. The van der Waals surface area contributed by atoms with E-state index in [1.165, 1.54) is 0 Å². The summed E-state index contributed by atoms with van der Waals surface area (Å²) in [6, 6.07) is 6.80. The fourth-order valence-electron chi connectivity index (χ4n) is 3.20. The molecule has 2 aromatic carbocycles. The van der Waals surface area contributed by atoms with Gasteiger partial charge >= 0.3 is 0 Å². The highest BCUT2D eigenvalue weighted by atomic mass is 19.1. The number of ether oxygens (including phenoxy) is 2. The summed E-state index contributed by atoms with van der Waals surface area (Å²) in [6.45, 7) is 9.42. The monoisotopic (exact) mass is 389 g/mol. The molecule has 0 aliphatic carbocycles. The molecule has 1 saturated heterocycles. The van der Waals surface area contributed by atoms with Gasteiger partial charge in [-0.1, -0.05) is 0 Å². The van der Waals surface area contributed by atoms with Crippen LogP contribution in [0, 0.1) is 25.5 Å². The van der Waals surface area contributed by atoms with Crippen LogP contribution < -0.4 is 10.2 Å². The molecule has 28 heavy (non-hydrogen) atoms. The van der Waals surface area contributed by atoms with Gasteiger partial charge in [0, 0.05) is 31.3 Å².